The topological polar surface area (TPSA) is 27.3 Å². The number of nitrogens with zero attached hydrogens (tertiary/aromatic N) is 1. The quantitative estimate of drug-likeness (QED) is 0.603. The second kappa shape index (κ2) is 8.87. The molecule has 0 unspecified atom stereocenters. The maximum Gasteiger partial charge on any atom is 0.171 e. The summed E-state index contributed by atoms with van der Waals surface area (Å²) >= 11 is 8.88. The molecule has 1 fully saturated rings. The van der Waals surface area contributed by atoms with Crippen molar-refractivity contribution in [2.75, 3.05) is 23.3 Å². The van der Waals surface area contributed by atoms with Crippen molar-refractivity contribution in [3.05, 3.63) is 58.6 Å². The van der Waals surface area contributed by atoms with E-state index in [4.69, 9.17) is 12.2 Å². The van der Waals surface area contributed by atoms with Crippen LogP contribution in [0.2, 0.25) is 0 Å². The molecular weight excluding hydrogens is 406 g/mol. The van der Waals surface area contributed by atoms with Crippen LogP contribution >= 0.6 is 28.1 Å². The first-order chi connectivity index (χ1) is 12.5. The van der Waals surface area contributed by atoms with E-state index in [1.165, 1.54) is 24.1 Å². The molecule has 0 aromatic heterocycles. The molecule has 0 radical (unpaired) electrons. The molecule has 3 rings (SSSR count). The van der Waals surface area contributed by atoms with Gasteiger partial charge in [0.25, 0.3) is 0 Å². The average molecular weight is 432 g/mol. The van der Waals surface area contributed by atoms with E-state index in [2.05, 4.69) is 69.6 Å². The molecular formula is C21H26BrN3S. The van der Waals surface area contributed by atoms with Gasteiger partial charge < -0.3 is 15.5 Å². The highest BCUT2D eigenvalue weighted by molar-refractivity contribution is 9.10. The lowest BCUT2D eigenvalue weighted by atomic mass is 9.98. The number of thiocarbonyl (C=S) groups is 1. The summed E-state index contributed by atoms with van der Waals surface area (Å²) in [7, 11) is 0. The van der Waals surface area contributed by atoms with Crippen molar-refractivity contribution >= 4 is 44.6 Å². The molecule has 3 nitrogen and oxygen atoms in total. The Balaban J connectivity index is 1.54. The second-order valence-corrected chi connectivity index (χ2v) is 8.41. The number of anilines is 2. The summed E-state index contributed by atoms with van der Waals surface area (Å²) in [5.74, 6) is 0.856. The summed E-state index contributed by atoms with van der Waals surface area (Å²) in [4.78, 5) is 2.49. The predicted molar refractivity (Wildman–Crippen MR) is 119 cm³/mol. The Morgan fingerprint density at radius 1 is 1.08 bits per heavy atom. The van der Waals surface area contributed by atoms with Crippen LogP contribution in [0, 0.1) is 5.92 Å². The Bertz CT molecular complexity index is 722. The summed E-state index contributed by atoms with van der Waals surface area (Å²) in [5, 5.41) is 7.22. The molecule has 2 aromatic carbocycles. The molecule has 138 valence electrons. The minimum absolute atomic E-state index is 0.154. The molecule has 1 saturated heterocycles. The predicted octanol–water partition coefficient (Wildman–Crippen LogP) is 5.73. The van der Waals surface area contributed by atoms with Crippen LogP contribution in [0.25, 0.3) is 0 Å². The van der Waals surface area contributed by atoms with Gasteiger partial charge in [-0.3, -0.25) is 0 Å². The Morgan fingerprint density at radius 2 is 1.69 bits per heavy atom. The Morgan fingerprint density at radius 3 is 2.31 bits per heavy atom. The van der Waals surface area contributed by atoms with Crippen LogP contribution in [0.3, 0.4) is 0 Å². The third-order valence-electron chi connectivity index (χ3n) is 4.99. The Kier molecular flexibility index (Phi) is 6.54. The van der Waals surface area contributed by atoms with Crippen molar-refractivity contribution in [3.63, 3.8) is 0 Å². The standard InChI is InChI=1S/C21H26BrN3S/c1-15-11-13-25(14-12-15)20-9-3-17(4-10-20)16(2)23-21(26)24-19-7-5-18(22)6-8-19/h3-10,15-16H,11-14H2,1-2H3,(H2,23,24,26)/t16-/m0/s1. The van der Waals surface area contributed by atoms with Crippen LogP contribution in [0.1, 0.15) is 38.3 Å². The van der Waals surface area contributed by atoms with E-state index in [0.29, 0.717) is 5.11 Å². The van der Waals surface area contributed by atoms with Crippen LogP contribution in [-0.2, 0) is 0 Å². The Labute approximate surface area is 170 Å². The van der Waals surface area contributed by atoms with Gasteiger partial charge in [0, 0.05) is 28.9 Å². The smallest absolute Gasteiger partial charge is 0.171 e. The molecule has 1 aliphatic heterocycles. The van der Waals surface area contributed by atoms with Gasteiger partial charge in [-0.2, -0.15) is 0 Å². The van der Waals surface area contributed by atoms with Gasteiger partial charge in [0.05, 0.1) is 6.04 Å². The monoisotopic (exact) mass is 431 g/mol. The maximum atomic E-state index is 5.44. The van der Waals surface area contributed by atoms with Gasteiger partial charge in [-0.05, 0) is 79.9 Å². The molecule has 1 atom stereocenters. The zero-order chi connectivity index (χ0) is 18.5. The normalized spacial score (nSPS) is 16.2. The molecule has 0 amide bonds. The van der Waals surface area contributed by atoms with Crippen LogP contribution in [0.15, 0.2) is 53.0 Å². The SMILES string of the molecule is CC1CCN(c2ccc([C@H](C)NC(=S)Nc3ccc(Br)cc3)cc2)CC1. The van der Waals surface area contributed by atoms with Crippen LogP contribution in [0.4, 0.5) is 11.4 Å². The van der Waals surface area contributed by atoms with E-state index in [-0.39, 0.29) is 6.04 Å². The molecule has 26 heavy (non-hydrogen) atoms. The number of rotatable bonds is 4. The fraction of sp³-hybridized carbons (Fsp3) is 0.381. The first-order valence-corrected chi connectivity index (χ1v) is 10.4. The third kappa shape index (κ3) is 5.21. The third-order valence-corrected chi connectivity index (χ3v) is 5.74. The molecule has 1 heterocycles. The summed E-state index contributed by atoms with van der Waals surface area (Å²) in [5.41, 5.74) is 3.54. The van der Waals surface area contributed by atoms with Crippen LogP contribution in [-0.4, -0.2) is 18.2 Å². The van der Waals surface area contributed by atoms with Gasteiger partial charge in [0.15, 0.2) is 5.11 Å². The largest absolute Gasteiger partial charge is 0.372 e. The second-order valence-electron chi connectivity index (χ2n) is 7.09. The summed E-state index contributed by atoms with van der Waals surface area (Å²) in [6.07, 6.45) is 2.57. The lowest BCUT2D eigenvalue weighted by molar-refractivity contribution is 0.438. The number of hydrogen-bond donors (Lipinski definition) is 2. The van der Waals surface area contributed by atoms with E-state index in [1.54, 1.807) is 0 Å². The van der Waals surface area contributed by atoms with Crippen LogP contribution < -0.4 is 15.5 Å². The molecule has 0 bridgehead atoms. The van der Waals surface area contributed by atoms with Gasteiger partial charge in [0.2, 0.25) is 0 Å². The molecule has 2 aromatic rings. The van der Waals surface area contributed by atoms with E-state index in [9.17, 15) is 0 Å². The zero-order valence-corrected chi connectivity index (χ0v) is 17.7. The van der Waals surface area contributed by atoms with Gasteiger partial charge in [-0.1, -0.05) is 35.0 Å². The minimum atomic E-state index is 0.154. The number of benzene rings is 2. The fourth-order valence-electron chi connectivity index (χ4n) is 3.22. The minimum Gasteiger partial charge on any atom is -0.372 e. The average Bonchev–Trinajstić information content (AvgIpc) is 2.64. The number of nitrogens with one attached hydrogen (secondary N) is 2. The van der Waals surface area contributed by atoms with Crippen molar-refractivity contribution in [1.29, 1.82) is 0 Å². The maximum absolute atomic E-state index is 5.44. The van der Waals surface area contributed by atoms with Crippen molar-refractivity contribution in [3.8, 4) is 0 Å². The van der Waals surface area contributed by atoms with Gasteiger partial charge in [0.1, 0.15) is 0 Å². The number of halogens is 1. The summed E-state index contributed by atoms with van der Waals surface area (Å²) < 4.78 is 1.05. The van der Waals surface area contributed by atoms with Crippen molar-refractivity contribution in [2.45, 2.75) is 32.7 Å². The fourth-order valence-corrected chi connectivity index (χ4v) is 3.78. The van der Waals surface area contributed by atoms with E-state index in [0.717, 1.165) is 29.2 Å². The molecule has 5 heteroatoms. The molecule has 0 saturated carbocycles. The highest BCUT2D eigenvalue weighted by Gasteiger charge is 2.16. The van der Waals surface area contributed by atoms with Gasteiger partial charge >= 0.3 is 0 Å². The Hall–Kier alpha value is -1.59. The molecule has 2 N–H and O–H groups in total. The van der Waals surface area contributed by atoms with E-state index < -0.39 is 0 Å². The van der Waals surface area contributed by atoms with Gasteiger partial charge in [-0.15, -0.1) is 0 Å². The zero-order valence-electron chi connectivity index (χ0n) is 15.3. The van der Waals surface area contributed by atoms with Crippen molar-refractivity contribution in [2.24, 2.45) is 5.92 Å². The summed E-state index contributed by atoms with van der Waals surface area (Å²) in [6.45, 7) is 6.80. The van der Waals surface area contributed by atoms with Crippen molar-refractivity contribution < 1.29 is 0 Å². The molecule has 0 spiro atoms. The number of hydrogen-bond acceptors (Lipinski definition) is 2. The highest BCUT2D eigenvalue weighted by atomic mass is 79.9. The first kappa shape index (κ1) is 19.2. The lowest BCUT2D eigenvalue weighted by Gasteiger charge is -2.32. The molecule has 1 aliphatic rings. The summed E-state index contributed by atoms with van der Waals surface area (Å²) in [6, 6.07) is 17.0. The van der Waals surface area contributed by atoms with Gasteiger partial charge in [-0.25, -0.2) is 0 Å². The molecule has 0 aliphatic carbocycles. The number of piperidine rings is 1. The highest BCUT2D eigenvalue weighted by Crippen LogP contribution is 2.24. The van der Waals surface area contributed by atoms with E-state index in [1.807, 2.05) is 24.3 Å². The first-order valence-electron chi connectivity index (χ1n) is 9.19. The van der Waals surface area contributed by atoms with E-state index >= 15 is 0 Å². The van der Waals surface area contributed by atoms with Crippen LogP contribution in [0.5, 0.6) is 0 Å². The lowest BCUT2D eigenvalue weighted by Crippen LogP contribution is -2.33. The van der Waals surface area contributed by atoms with Crippen molar-refractivity contribution in [1.82, 2.24) is 5.32 Å².